The quantitative estimate of drug-likeness (QED) is 0.695. The summed E-state index contributed by atoms with van der Waals surface area (Å²) < 4.78 is 9.36. The second-order valence-electron chi connectivity index (χ2n) is 5.28. The van der Waals surface area contributed by atoms with Crippen molar-refractivity contribution in [2.24, 2.45) is 0 Å². The highest BCUT2D eigenvalue weighted by Gasteiger charge is 2.18. The molecule has 0 atom stereocenters. The van der Waals surface area contributed by atoms with Gasteiger partial charge in [-0.1, -0.05) is 31.2 Å². The second kappa shape index (κ2) is 7.11. The van der Waals surface area contributed by atoms with Gasteiger partial charge < -0.3 is 10.5 Å². The van der Waals surface area contributed by atoms with Crippen molar-refractivity contribution >= 4 is 33.8 Å². The number of aromatic nitrogens is 2. The van der Waals surface area contributed by atoms with E-state index in [-0.39, 0.29) is 6.61 Å². The average molecular weight is 359 g/mol. The number of hydrogen-bond acceptors (Lipinski definition) is 7. The number of esters is 1. The van der Waals surface area contributed by atoms with Crippen LogP contribution < -0.4 is 5.73 Å². The van der Waals surface area contributed by atoms with Gasteiger partial charge >= 0.3 is 5.97 Å². The van der Waals surface area contributed by atoms with Gasteiger partial charge in [0.25, 0.3) is 0 Å². The molecule has 0 fully saturated rings. The second-order valence-corrected chi connectivity index (χ2v) is 6.94. The van der Waals surface area contributed by atoms with Crippen LogP contribution in [0.4, 0.5) is 5.00 Å². The van der Waals surface area contributed by atoms with Crippen molar-refractivity contribution in [3.05, 3.63) is 52.2 Å². The summed E-state index contributed by atoms with van der Waals surface area (Å²) in [5.41, 5.74) is 9.79. The average Bonchev–Trinajstić information content (AvgIpc) is 3.20. The Kier molecular flexibility index (Phi) is 4.92. The van der Waals surface area contributed by atoms with Gasteiger partial charge in [0.1, 0.15) is 22.2 Å². The molecule has 0 unspecified atom stereocenters. The summed E-state index contributed by atoms with van der Waals surface area (Å²) in [4.78, 5) is 16.6. The smallest absolute Gasteiger partial charge is 0.343 e. The molecule has 2 heterocycles. The van der Waals surface area contributed by atoms with E-state index in [1.54, 1.807) is 6.92 Å². The van der Waals surface area contributed by atoms with Crippen LogP contribution >= 0.6 is 22.9 Å². The molecule has 7 heteroatoms. The molecule has 124 valence electrons. The van der Waals surface area contributed by atoms with Gasteiger partial charge in [-0.2, -0.15) is 4.37 Å². The van der Waals surface area contributed by atoms with Crippen LogP contribution in [0.1, 0.15) is 34.2 Å². The third-order valence-corrected chi connectivity index (χ3v) is 5.31. The lowest BCUT2D eigenvalue weighted by atomic mass is 10.1. The van der Waals surface area contributed by atoms with Crippen LogP contribution in [-0.2, 0) is 17.8 Å². The van der Waals surface area contributed by atoms with E-state index in [2.05, 4.69) is 40.5 Å². The normalized spacial score (nSPS) is 10.8. The Bertz CT molecular complexity index is 834. The van der Waals surface area contributed by atoms with Crippen molar-refractivity contribution in [1.82, 2.24) is 9.36 Å². The van der Waals surface area contributed by atoms with Gasteiger partial charge in [-0.05, 0) is 30.4 Å². The Morgan fingerprint density at radius 2 is 2.04 bits per heavy atom. The molecule has 2 N–H and O–H groups in total. The number of anilines is 1. The number of rotatable bonds is 5. The van der Waals surface area contributed by atoms with Crippen molar-refractivity contribution in [3.8, 4) is 10.6 Å². The molecule has 0 amide bonds. The summed E-state index contributed by atoms with van der Waals surface area (Å²) in [6.07, 6.45) is 1.01. The summed E-state index contributed by atoms with van der Waals surface area (Å²) in [5.74, 6) is -0.458. The third-order valence-electron chi connectivity index (χ3n) is 3.61. The Morgan fingerprint density at radius 1 is 1.29 bits per heavy atom. The van der Waals surface area contributed by atoms with Crippen molar-refractivity contribution < 1.29 is 9.53 Å². The van der Waals surface area contributed by atoms with E-state index < -0.39 is 5.97 Å². The topological polar surface area (TPSA) is 78.1 Å². The summed E-state index contributed by atoms with van der Waals surface area (Å²) in [6, 6.07) is 8.33. The maximum absolute atomic E-state index is 12.1. The number of ether oxygens (including phenoxy) is 1. The first-order chi connectivity index (χ1) is 11.6. The van der Waals surface area contributed by atoms with Crippen molar-refractivity contribution in [2.75, 3.05) is 5.73 Å². The highest BCUT2D eigenvalue weighted by molar-refractivity contribution is 7.13. The number of carbonyl (C=O) groups excluding carboxylic acids is 1. The van der Waals surface area contributed by atoms with Gasteiger partial charge in [0.2, 0.25) is 0 Å². The van der Waals surface area contributed by atoms with Crippen molar-refractivity contribution in [2.45, 2.75) is 26.9 Å². The van der Waals surface area contributed by atoms with Crippen LogP contribution in [0.25, 0.3) is 10.6 Å². The van der Waals surface area contributed by atoms with Crippen molar-refractivity contribution in [1.29, 1.82) is 0 Å². The summed E-state index contributed by atoms with van der Waals surface area (Å²) in [7, 11) is 0. The van der Waals surface area contributed by atoms with Gasteiger partial charge in [0, 0.05) is 10.9 Å². The molecule has 5 nitrogen and oxygen atoms in total. The number of thiazole rings is 1. The van der Waals surface area contributed by atoms with Crippen LogP contribution in [0.15, 0.2) is 29.6 Å². The zero-order valence-electron chi connectivity index (χ0n) is 13.4. The Morgan fingerprint density at radius 3 is 2.67 bits per heavy atom. The maximum atomic E-state index is 12.1. The fourth-order valence-corrected chi connectivity index (χ4v) is 3.70. The summed E-state index contributed by atoms with van der Waals surface area (Å²) >= 11 is 2.63. The molecule has 0 aliphatic carbocycles. The number of nitrogen functional groups attached to an aromatic ring is 1. The molecule has 0 radical (unpaired) electrons. The molecule has 0 saturated carbocycles. The Hall–Kier alpha value is -2.25. The lowest BCUT2D eigenvalue weighted by molar-refractivity contribution is 0.0469. The van der Waals surface area contributed by atoms with Gasteiger partial charge in [-0.15, -0.1) is 11.3 Å². The first-order valence-corrected chi connectivity index (χ1v) is 9.16. The zero-order valence-corrected chi connectivity index (χ0v) is 15.0. The Balaban J connectivity index is 1.67. The molecule has 0 spiro atoms. The number of carbonyl (C=O) groups is 1. The van der Waals surface area contributed by atoms with E-state index in [9.17, 15) is 4.79 Å². The first kappa shape index (κ1) is 16.6. The molecule has 2 aromatic heterocycles. The first-order valence-electron chi connectivity index (χ1n) is 7.51. The van der Waals surface area contributed by atoms with Gasteiger partial charge in [-0.3, -0.25) is 0 Å². The highest BCUT2D eigenvalue weighted by Crippen LogP contribution is 2.25. The number of hydrogen-bond donors (Lipinski definition) is 1. The minimum atomic E-state index is -0.458. The minimum Gasteiger partial charge on any atom is -0.455 e. The molecular weight excluding hydrogens is 342 g/mol. The van der Waals surface area contributed by atoms with Crippen molar-refractivity contribution in [3.63, 3.8) is 0 Å². The number of nitrogens with zero attached hydrogens (tertiary/aromatic N) is 2. The molecule has 0 aliphatic heterocycles. The number of benzene rings is 1. The van der Waals surface area contributed by atoms with Crippen LogP contribution in [0.2, 0.25) is 0 Å². The molecule has 1 aromatic carbocycles. The molecule has 3 rings (SSSR count). The van der Waals surface area contributed by atoms with E-state index in [0.717, 1.165) is 34.2 Å². The van der Waals surface area contributed by atoms with E-state index in [1.807, 2.05) is 5.38 Å². The number of aryl methyl sites for hydroxylation is 2. The Labute approximate surface area is 148 Å². The lowest BCUT2D eigenvalue weighted by Crippen LogP contribution is -2.08. The minimum absolute atomic E-state index is 0.122. The monoisotopic (exact) mass is 359 g/mol. The molecule has 0 saturated heterocycles. The zero-order chi connectivity index (χ0) is 17.1. The van der Waals surface area contributed by atoms with Crippen LogP contribution in [0.5, 0.6) is 0 Å². The SMILES string of the molecule is CCc1ccc(-c2nc(COC(=O)c3c(C)nsc3N)cs2)cc1. The molecule has 24 heavy (non-hydrogen) atoms. The van der Waals surface area contributed by atoms with E-state index in [1.165, 1.54) is 16.9 Å². The molecule has 0 bridgehead atoms. The molecule has 0 aliphatic rings. The summed E-state index contributed by atoms with van der Waals surface area (Å²) in [6.45, 7) is 3.99. The van der Waals surface area contributed by atoms with E-state index in [0.29, 0.717) is 16.3 Å². The predicted molar refractivity (Wildman–Crippen MR) is 97.3 cm³/mol. The maximum Gasteiger partial charge on any atom is 0.343 e. The fraction of sp³-hybridized carbons (Fsp3) is 0.235. The lowest BCUT2D eigenvalue weighted by Gasteiger charge is -2.03. The fourth-order valence-electron chi connectivity index (χ4n) is 2.24. The molecule has 3 aromatic rings. The predicted octanol–water partition coefficient (Wildman–Crippen LogP) is 4.08. The van der Waals surface area contributed by atoms with Crippen LogP contribution in [0, 0.1) is 6.92 Å². The van der Waals surface area contributed by atoms with Gasteiger partial charge in [-0.25, -0.2) is 9.78 Å². The van der Waals surface area contributed by atoms with E-state index in [4.69, 9.17) is 10.5 Å². The third kappa shape index (κ3) is 3.47. The molecular formula is C17H17N3O2S2. The largest absolute Gasteiger partial charge is 0.455 e. The van der Waals surface area contributed by atoms with Gasteiger partial charge in [0.05, 0.1) is 11.4 Å². The summed E-state index contributed by atoms with van der Waals surface area (Å²) in [5, 5.41) is 3.20. The standard InChI is InChI=1S/C17H17N3O2S2/c1-3-11-4-6-12(7-5-11)16-19-13(9-23-16)8-22-17(21)14-10(2)20-24-15(14)18/h4-7,9H,3,8,18H2,1-2H3. The number of nitrogens with two attached hydrogens (primary N) is 1. The van der Waals surface area contributed by atoms with E-state index >= 15 is 0 Å². The van der Waals surface area contributed by atoms with Gasteiger partial charge in [0.15, 0.2) is 0 Å². The van der Waals surface area contributed by atoms with Crippen LogP contribution in [0.3, 0.4) is 0 Å². The van der Waals surface area contributed by atoms with Crippen LogP contribution in [-0.4, -0.2) is 15.3 Å². The highest BCUT2D eigenvalue weighted by atomic mass is 32.1.